The van der Waals surface area contributed by atoms with Gasteiger partial charge in [-0.1, -0.05) is 0 Å². The Hall–Kier alpha value is -1.15. The lowest BCUT2D eigenvalue weighted by Crippen LogP contribution is -2.40. The minimum absolute atomic E-state index is 0.125. The number of aliphatic carboxylic acids is 1. The van der Waals surface area contributed by atoms with E-state index in [4.69, 9.17) is 9.84 Å². The monoisotopic (exact) mass is 321 g/mol. The SMILES string of the molecule is CCOC(=O)CCS(=O)(=O)N1CCC(CCC(=O)O)CC1. The number of ether oxygens (including phenoxy) is 1. The van der Waals surface area contributed by atoms with Gasteiger partial charge in [-0.3, -0.25) is 9.59 Å². The van der Waals surface area contributed by atoms with Gasteiger partial charge < -0.3 is 9.84 Å². The Labute approximate surface area is 125 Å². The van der Waals surface area contributed by atoms with Crippen LogP contribution in [0.2, 0.25) is 0 Å². The van der Waals surface area contributed by atoms with Crippen molar-refractivity contribution in [2.45, 2.75) is 39.0 Å². The van der Waals surface area contributed by atoms with Crippen molar-refractivity contribution in [2.24, 2.45) is 5.92 Å². The summed E-state index contributed by atoms with van der Waals surface area (Å²) in [5.41, 5.74) is 0. The van der Waals surface area contributed by atoms with Crippen molar-refractivity contribution in [3.05, 3.63) is 0 Å². The number of carboxylic acids is 1. The lowest BCUT2D eigenvalue weighted by molar-refractivity contribution is -0.142. The lowest BCUT2D eigenvalue weighted by Gasteiger charge is -2.30. The molecule has 1 fully saturated rings. The molecule has 1 saturated heterocycles. The first-order valence-electron chi connectivity index (χ1n) is 7.20. The number of nitrogens with zero attached hydrogens (tertiary/aromatic N) is 1. The molecule has 21 heavy (non-hydrogen) atoms. The second kappa shape index (κ2) is 8.33. The minimum atomic E-state index is -3.44. The molecule has 0 aromatic heterocycles. The number of rotatable bonds is 8. The van der Waals surface area contributed by atoms with E-state index in [0.29, 0.717) is 32.4 Å². The fraction of sp³-hybridized carbons (Fsp3) is 0.846. The van der Waals surface area contributed by atoms with E-state index in [1.54, 1.807) is 6.92 Å². The van der Waals surface area contributed by atoms with Crippen molar-refractivity contribution in [2.75, 3.05) is 25.4 Å². The van der Waals surface area contributed by atoms with E-state index in [2.05, 4.69) is 0 Å². The van der Waals surface area contributed by atoms with Gasteiger partial charge in [0.2, 0.25) is 10.0 Å². The first-order chi connectivity index (χ1) is 9.85. The summed E-state index contributed by atoms with van der Waals surface area (Å²) in [4.78, 5) is 21.7. The first-order valence-corrected chi connectivity index (χ1v) is 8.81. The number of piperidine rings is 1. The highest BCUT2D eigenvalue weighted by atomic mass is 32.2. The molecule has 0 aliphatic carbocycles. The number of esters is 1. The Morgan fingerprint density at radius 2 is 1.86 bits per heavy atom. The topological polar surface area (TPSA) is 101 Å². The predicted octanol–water partition coefficient (Wildman–Crippen LogP) is 0.846. The molecule has 1 rings (SSSR count). The maximum Gasteiger partial charge on any atom is 0.306 e. The number of carbonyl (C=O) groups is 2. The highest BCUT2D eigenvalue weighted by molar-refractivity contribution is 7.89. The molecule has 0 aromatic carbocycles. The summed E-state index contributed by atoms with van der Waals surface area (Å²) >= 11 is 0. The van der Waals surface area contributed by atoms with E-state index >= 15 is 0 Å². The van der Waals surface area contributed by atoms with Crippen LogP contribution >= 0.6 is 0 Å². The Morgan fingerprint density at radius 3 is 2.38 bits per heavy atom. The molecule has 7 nitrogen and oxygen atoms in total. The third-order valence-electron chi connectivity index (χ3n) is 3.60. The average molecular weight is 321 g/mol. The van der Waals surface area contributed by atoms with Gasteiger partial charge in [-0.2, -0.15) is 0 Å². The van der Waals surface area contributed by atoms with Crippen LogP contribution in [-0.2, 0) is 24.3 Å². The summed E-state index contributed by atoms with van der Waals surface area (Å²) < 4.78 is 30.3. The van der Waals surface area contributed by atoms with E-state index in [0.717, 1.165) is 0 Å². The van der Waals surface area contributed by atoms with Crippen molar-refractivity contribution < 1.29 is 27.9 Å². The maximum atomic E-state index is 12.1. The van der Waals surface area contributed by atoms with Crippen molar-refractivity contribution >= 4 is 22.0 Å². The predicted molar refractivity (Wildman–Crippen MR) is 76.2 cm³/mol. The van der Waals surface area contributed by atoms with Crippen LogP contribution in [0.5, 0.6) is 0 Å². The molecule has 1 aliphatic heterocycles. The third kappa shape index (κ3) is 6.43. The van der Waals surface area contributed by atoms with Crippen LogP contribution in [0.1, 0.15) is 39.0 Å². The first kappa shape index (κ1) is 17.9. The summed E-state index contributed by atoms with van der Waals surface area (Å²) in [6.45, 7) is 2.72. The largest absolute Gasteiger partial charge is 0.481 e. The number of hydrogen-bond acceptors (Lipinski definition) is 5. The molecular weight excluding hydrogens is 298 g/mol. The quantitative estimate of drug-likeness (QED) is 0.665. The van der Waals surface area contributed by atoms with Crippen LogP contribution in [0.4, 0.5) is 0 Å². The molecule has 1 aliphatic rings. The standard InChI is InChI=1S/C13H23NO6S/c1-2-20-13(17)7-10-21(18,19)14-8-5-11(6-9-14)3-4-12(15)16/h11H,2-10H2,1H3,(H,15,16). The van der Waals surface area contributed by atoms with Gasteiger partial charge >= 0.3 is 11.9 Å². The van der Waals surface area contributed by atoms with Crippen LogP contribution in [0.25, 0.3) is 0 Å². The molecule has 122 valence electrons. The molecule has 0 radical (unpaired) electrons. The zero-order chi connectivity index (χ0) is 15.9. The van der Waals surface area contributed by atoms with Gasteiger partial charge in [0.1, 0.15) is 0 Å². The average Bonchev–Trinajstić information content (AvgIpc) is 2.44. The van der Waals surface area contributed by atoms with Gasteiger partial charge in [-0.15, -0.1) is 0 Å². The van der Waals surface area contributed by atoms with Gasteiger partial charge in [0.05, 0.1) is 18.8 Å². The van der Waals surface area contributed by atoms with Gasteiger partial charge in [-0.05, 0) is 32.1 Å². The van der Waals surface area contributed by atoms with Gasteiger partial charge in [0.15, 0.2) is 0 Å². The summed E-state index contributed by atoms with van der Waals surface area (Å²) in [6, 6.07) is 0. The normalized spacial score (nSPS) is 17.6. The van der Waals surface area contributed by atoms with E-state index in [1.165, 1.54) is 4.31 Å². The lowest BCUT2D eigenvalue weighted by atomic mass is 9.93. The molecule has 8 heteroatoms. The third-order valence-corrected chi connectivity index (χ3v) is 5.47. The summed E-state index contributed by atoms with van der Waals surface area (Å²) in [5.74, 6) is -1.29. The molecule has 0 amide bonds. The Morgan fingerprint density at radius 1 is 1.24 bits per heavy atom. The second-order valence-electron chi connectivity index (χ2n) is 5.15. The van der Waals surface area contributed by atoms with E-state index in [1.807, 2.05) is 0 Å². The molecule has 0 unspecified atom stereocenters. The molecule has 0 saturated carbocycles. The fourth-order valence-corrected chi connectivity index (χ4v) is 3.83. The fourth-order valence-electron chi connectivity index (χ4n) is 2.38. The molecule has 0 bridgehead atoms. The van der Waals surface area contributed by atoms with Gasteiger partial charge in [0, 0.05) is 19.5 Å². The van der Waals surface area contributed by atoms with E-state index in [-0.39, 0.29) is 31.1 Å². The summed E-state index contributed by atoms with van der Waals surface area (Å²) in [7, 11) is -3.44. The maximum absolute atomic E-state index is 12.1. The molecule has 0 aromatic rings. The zero-order valence-electron chi connectivity index (χ0n) is 12.3. The van der Waals surface area contributed by atoms with Crippen LogP contribution in [0, 0.1) is 5.92 Å². The van der Waals surface area contributed by atoms with Crippen molar-refractivity contribution in [3.8, 4) is 0 Å². The minimum Gasteiger partial charge on any atom is -0.481 e. The summed E-state index contributed by atoms with van der Waals surface area (Å²) in [6.07, 6.45) is 1.93. The molecular formula is C13H23NO6S. The smallest absolute Gasteiger partial charge is 0.306 e. The highest BCUT2D eigenvalue weighted by Gasteiger charge is 2.28. The number of carbonyl (C=O) groups excluding carboxylic acids is 1. The van der Waals surface area contributed by atoms with Crippen LogP contribution < -0.4 is 0 Å². The Balaban J connectivity index is 2.38. The van der Waals surface area contributed by atoms with Crippen molar-refractivity contribution in [1.29, 1.82) is 0 Å². The number of carboxylic acid groups (broad SMARTS) is 1. The Kier molecular flexibility index (Phi) is 7.10. The molecule has 0 atom stereocenters. The van der Waals surface area contributed by atoms with Crippen molar-refractivity contribution in [3.63, 3.8) is 0 Å². The molecule has 1 heterocycles. The van der Waals surface area contributed by atoms with Crippen LogP contribution in [-0.4, -0.2) is 55.2 Å². The molecule has 0 spiro atoms. The number of hydrogen-bond donors (Lipinski definition) is 1. The van der Waals surface area contributed by atoms with Crippen LogP contribution in [0.15, 0.2) is 0 Å². The summed E-state index contributed by atoms with van der Waals surface area (Å²) in [5, 5.41) is 8.64. The van der Waals surface area contributed by atoms with E-state index in [9.17, 15) is 18.0 Å². The highest BCUT2D eigenvalue weighted by Crippen LogP contribution is 2.23. The van der Waals surface area contributed by atoms with Gasteiger partial charge in [-0.25, -0.2) is 12.7 Å². The van der Waals surface area contributed by atoms with Crippen LogP contribution in [0.3, 0.4) is 0 Å². The molecule has 1 N–H and O–H groups in total. The second-order valence-corrected chi connectivity index (χ2v) is 7.23. The van der Waals surface area contributed by atoms with Crippen molar-refractivity contribution in [1.82, 2.24) is 4.31 Å². The Bertz CT molecular complexity index is 453. The van der Waals surface area contributed by atoms with E-state index < -0.39 is 22.0 Å². The number of sulfonamides is 1. The van der Waals surface area contributed by atoms with Gasteiger partial charge in [0.25, 0.3) is 0 Å². The zero-order valence-corrected chi connectivity index (χ0v) is 13.1.